The first-order valence-corrected chi connectivity index (χ1v) is 4.96. The minimum atomic E-state index is 0.601. The standard InChI is InChI=1S/C10H10N2S/c1-7-4-9(10(11)12-5-7)8-2-3-13-6-8/h2-6H,1H3,(H2,11,12). The van der Waals surface area contributed by atoms with Crippen LogP contribution in [0.15, 0.2) is 29.1 Å². The van der Waals surface area contributed by atoms with Gasteiger partial charge in [-0.3, -0.25) is 0 Å². The highest BCUT2D eigenvalue weighted by Crippen LogP contribution is 2.26. The number of nitrogens with two attached hydrogens (primary N) is 1. The van der Waals surface area contributed by atoms with E-state index < -0.39 is 0 Å². The quantitative estimate of drug-likeness (QED) is 0.751. The molecule has 0 amide bonds. The SMILES string of the molecule is Cc1cnc(N)c(-c2ccsc2)c1. The maximum absolute atomic E-state index is 5.77. The Morgan fingerprint density at radius 3 is 3.00 bits per heavy atom. The zero-order chi connectivity index (χ0) is 9.26. The Kier molecular flexibility index (Phi) is 2.02. The summed E-state index contributed by atoms with van der Waals surface area (Å²) in [5.41, 5.74) is 9.09. The second kappa shape index (κ2) is 3.18. The molecule has 13 heavy (non-hydrogen) atoms. The Bertz CT molecular complexity index is 407. The zero-order valence-corrected chi connectivity index (χ0v) is 8.14. The third-order valence-electron chi connectivity index (χ3n) is 1.89. The summed E-state index contributed by atoms with van der Waals surface area (Å²) in [5, 5.41) is 4.12. The van der Waals surface area contributed by atoms with Crippen molar-refractivity contribution in [2.45, 2.75) is 6.92 Å². The van der Waals surface area contributed by atoms with E-state index in [1.165, 1.54) is 0 Å². The number of hydrogen-bond donors (Lipinski definition) is 1. The molecule has 0 radical (unpaired) electrons. The second-order valence-corrected chi connectivity index (χ2v) is 3.74. The van der Waals surface area contributed by atoms with E-state index in [4.69, 9.17) is 5.73 Å². The fourth-order valence-electron chi connectivity index (χ4n) is 1.23. The molecule has 2 rings (SSSR count). The minimum Gasteiger partial charge on any atom is -0.383 e. The van der Waals surface area contributed by atoms with Gasteiger partial charge in [0.2, 0.25) is 0 Å². The smallest absolute Gasteiger partial charge is 0.131 e. The average Bonchev–Trinajstić information content (AvgIpc) is 2.61. The van der Waals surface area contributed by atoms with Crippen molar-refractivity contribution >= 4 is 17.2 Å². The molecule has 0 atom stereocenters. The zero-order valence-electron chi connectivity index (χ0n) is 7.32. The Morgan fingerprint density at radius 1 is 1.46 bits per heavy atom. The van der Waals surface area contributed by atoms with Gasteiger partial charge in [0.15, 0.2) is 0 Å². The maximum atomic E-state index is 5.77. The van der Waals surface area contributed by atoms with Crippen LogP contribution in [-0.4, -0.2) is 4.98 Å². The van der Waals surface area contributed by atoms with E-state index >= 15 is 0 Å². The van der Waals surface area contributed by atoms with E-state index in [2.05, 4.69) is 22.5 Å². The predicted octanol–water partition coefficient (Wildman–Crippen LogP) is 2.70. The monoisotopic (exact) mass is 190 g/mol. The van der Waals surface area contributed by atoms with Crippen LogP contribution in [0.2, 0.25) is 0 Å². The molecule has 2 N–H and O–H groups in total. The topological polar surface area (TPSA) is 38.9 Å². The number of aryl methyl sites for hydroxylation is 1. The molecule has 0 saturated carbocycles. The third-order valence-corrected chi connectivity index (χ3v) is 2.57. The summed E-state index contributed by atoms with van der Waals surface area (Å²) in [6, 6.07) is 4.11. The van der Waals surface area contributed by atoms with E-state index in [1.54, 1.807) is 17.5 Å². The van der Waals surface area contributed by atoms with Crippen LogP contribution in [0.5, 0.6) is 0 Å². The number of thiophene rings is 1. The summed E-state index contributed by atoms with van der Waals surface area (Å²) in [4.78, 5) is 4.12. The Labute approximate surface area is 81.1 Å². The van der Waals surface area contributed by atoms with Gasteiger partial charge in [0.25, 0.3) is 0 Å². The van der Waals surface area contributed by atoms with Gasteiger partial charge in [0.1, 0.15) is 5.82 Å². The van der Waals surface area contributed by atoms with Crippen molar-refractivity contribution in [3.63, 3.8) is 0 Å². The van der Waals surface area contributed by atoms with Crippen molar-refractivity contribution in [2.24, 2.45) is 0 Å². The van der Waals surface area contributed by atoms with E-state index in [0.717, 1.165) is 16.7 Å². The largest absolute Gasteiger partial charge is 0.383 e. The van der Waals surface area contributed by atoms with Crippen molar-refractivity contribution in [1.82, 2.24) is 4.98 Å². The number of aromatic nitrogens is 1. The van der Waals surface area contributed by atoms with Crippen LogP contribution < -0.4 is 5.73 Å². The molecule has 0 fully saturated rings. The lowest BCUT2D eigenvalue weighted by Gasteiger charge is -2.02. The van der Waals surface area contributed by atoms with Crippen LogP contribution in [0, 0.1) is 6.92 Å². The molecule has 0 aliphatic heterocycles. The molecule has 2 nitrogen and oxygen atoms in total. The Morgan fingerprint density at radius 2 is 2.31 bits per heavy atom. The first-order valence-electron chi connectivity index (χ1n) is 4.02. The van der Waals surface area contributed by atoms with Crippen molar-refractivity contribution in [2.75, 3.05) is 5.73 Å². The van der Waals surface area contributed by atoms with Crippen LogP contribution in [0.1, 0.15) is 5.56 Å². The number of hydrogen-bond acceptors (Lipinski definition) is 3. The highest BCUT2D eigenvalue weighted by atomic mass is 32.1. The molecule has 0 saturated heterocycles. The maximum Gasteiger partial charge on any atom is 0.131 e. The average molecular weight is 190 g/mol. The van der Waals surface area contributed by atoms with Gasteiger partial charge in [-0.1, -0.05) is 0 Å². The van der Waals surface area contributed by atoms with Crippen LogP contribution in [0.3, 0.4) is 0 Å². The van der Waals surface area contributed by atoms with E-state index in [9.17, 15) is 0 Å². The van der Waals surface area contributed by atoms with Gasteiger partial charge < -0.3 is 5.73 Å². The molecule has 2 heterocycles. The molecule has 2 aromatic rings. The first-order chi connectivity index (χ1) is 6.27. The summed E-state index contributed by atoms with van der Waals surface area (Å²) >= 11 is 1.67. The van der Waals surface area contributed by atoms with Gasteiger partial charge in [-0.05, 0) is 40.9 Å². The minimum absolute atomic E-state index is 0.601. The first kappa shape index (κ1) is 8.26. The normalized spacial score (nSPS) is 10.2. The molecule has 2 aromatic heterocycles. The third kappa shape index (κ3) is 1.55. The van der Waals surface area contributed by atoms with Gasteiger partial charge in [0.05, 0.1) is 0 Å². The van der Waals surface area contributed by atoms with Crippen LogP contribution in [0.4, 0.5) is 5.82 Å². The number of pyridine rings is 1. The molecule has 0 aromatic carbocycles. The Balaban J connectivity index is 2.57. The number of nitrogen functional groups attached to an aromatic ring is 1. The second-order valence-electron chi connectivity index (χ2n) is 2.96. The fraction of sp³-hybridized carbons (Fsp3) is 0.100. The summed E-state index contributed by atoms with van der Waals surface area (Å²) in [6.45, 7) is 2.02. The predicted molar refractivity (Wildman–Crippen MR) is 56.7 cm³/mol. The van der Waals surface area contributed by atoms with Gasteiger partial charge in [-0.2, -0.15) is 11.3 Å². The molecule has 0 bridgehead atoms. The van der Waals surface area contributed by atoms with Gasteiger partial charge in [-0.15, -0.1) is 0 Å². The molecule has 0 unspecified atom stereocenters. The van der Waals surface area contributed by atoms with Crippen LogP contribution in [0.25, 0.3) is 11.1 Å². The van der Waals surface area contributed by atoms with E-state index in [-0.39, 0.29) is 0 Å². The molecule has 0 aliphatic carbocycles. The van der Waals surface area contributed by atoms with Crippen molar-refractivity contribution < 1.29 is 0 Å². The van der Waals surface area contributed by atoms with E-state index in [0.29, 0.717) is 5.82 Å². The molecular weight excluding hydrogens is 180 g/mol. The van der Waals surface area contributed by atoms with Gasteiger partial charge >= 0.3 is 0 Å². The molecule has 66 valence electrons. The van der Waals surface area contributed by atoms with Gasteiger partial charge in [-0.25, -0.2) is 4.98 Å². The summed E-state index contributed by atoms with van der Waals surface area (Å²) < 4.78 is 0. The van der Waals surface area contributed by atoms with Crippen LogP contribution in [-0.2, 0) is 0 Å². The van der Waals surface area contributed by atoms with Gasteiger partial charge in [0, 0.05) is 11.8 Å². The highest BCUT2D eigenvalue weighted by Gasteiger charge is 2.03. The van der Waals surface area contributed by atoms with Crippen LogP contribution >= 0.6 is 11.3 Å². The molecule has 0 spiro atoms. The summed E-state index contributed by atoms with van der Waals surface area (Å²) in [7, 11) is 0. The van der Waals surface area contributed by atoms with E-state index in [1.807, 2.05) is 12.3 Å². The number of anilines is 1. The highest BCUT2D eigenvalue weighted by molar-refractivity contribution is 7.08. The lowest BCUT2D eigenvalue weighted by atomic mass is 10.1. The van der Waals surface area contributed by atoms with Crippen molar-refractivity contribution in [3.05, 3.63) is 34.7 Å². The summed E-state index contributed by atoms with van der Waals surface area (Å²) in [6.07, 6.45) is 1.78. The molecule has 3 heteroatoms. The fourth-order valence-corrected chi connectivity index (χ4v) is 1.88. The number of nitrogens with zero attached hydrogens (tertiary/aromatic N) is 1. The molecular formula is C10H10N2S. The summed E-state index contributed by atoms with van der Waals surface area (Å²) in [5.74, 6) is 0.601. The lowest BCUT2D eigenvalue weighted by molar-refractivity contribution is 1.28. The van der Waals surface area contributed by atoms with Crippen molar-refractivity contribution in [3.8, 4) is 11.1 Å². The lowest BCUT2D eigenvalue weighted by Crippen LogP contribution is -1.93. The molecule has 0 aliphatic rings. The van der Waals surface area contributed by atoms with Crippen molar-refractivity contribution in [1.29, 1.82) is 0 Å². The number of rotatable bonds is 1. The Hall–Kier alpha value is -1.35.